The summed E-state index contributed by atoms with van der Waals surface area (Å²) in [6, 6.07) is 13.1. The van der Waals surface area contributed by atoms with Gasteiger partial charge in [0.05, 0.1) is 11.6 Å². The summed E-state index contributed by atoms with van der Waals surface area (Å²) < 4.78 is 5.92. The summed E-state index contributed by atoms with van der Waals surface area (Å²) in [6.07, 6.45) is 0.812. The van der Waals surface area contributed by atoms with Gasteiger partial charge < -0.3 is 15.2 Å². The summed E-state index contributed by atoms with van der Waals surface area (Å²) in [5.41, 5.74) is 1.36. The Bertz CT molecular complexity index is 966. The normalized spacial score (nSPS) is 18.1. The smallest absolute Gasteiger partial charge is 0.335 e. The number of hydrogen-bond donors (Lipinski definition) is 2. The number of nitrogens with one attached hydrogen (secondary N) is 1. The van der Waals surface area contributed by atoms with Crippen molar-refractivity contribution >= 4 is 17.9 Å². The zero-order chi connectivity index (χ0) is 22.8. The van der Waals surface area contributed by atoms with E-state index >= 15 is 0 Å². The molecule has 2 atom stereocenters. The minimum atomic E-state index is -1.04. The van der Waals surface area contributed by atoms with Crippen molar-refractivity contribution in [1.29, 1.82) is 0 Å². The largest absolute Gasteiger partial charge is 0.478 e. The van der Waals surface area contributed by atoms with Crippen molar-refractivity contribution in [2.45, 2.75) is 52.8 Å². The van der Waals surface area contributed by atoms with E-state index in [1.165, 1.54) is 24.3 Å². The molecule has 0 aliphatic carbocycles. The van der Waals surface area contributed by atoms with Crippen LogP contribution in [0.3, 0.4) is 0 Å². The van der Waals surface area contributed by atoms with Crippen LogP contribution in [-0.2, 0) is 4.79 Å². The number of carboxylic acids is 1. The molecule has 31 heavy (non-hydrogen) atoms. The van der Waals surface area contributed by atoms with Crippen molar-refractivity contribution in [1.82, 2.24) is 10.2 Å². The van der Waals surface area contributed by atoms with Crippen LogP contribution in [0.2, 0.25) is 0 Å². The maximum atomic E-state index is 13.0. The van der Waals surface area contributed by atoms with Crippen molar-refractivity contribution in [3.63, 3.8) is 0 Å². The average Bonchev–Trinajstić information content (AvgIpc) is 2.74. The number of aromatic carboxylic acids is 1. The summed E-state index contributed by atoms with van der Waals surface area (Å²) in [7, 11) is 0. The van der Waals surface area contributed by atoms with Crippen molar-refractivity contribution in [2.24, 2.45) is 5.41 Å². The number of ether oxygens (including phenoxy) is 1. The van der Waals surface area contributed by atoms with Crippen molar-refractivity contribution in [3.05, 3.63) is 65.2 Å². The summed E-state index contributed by atoms with van der Waals surface area (Å²) in [6.45, 7) is 7.48. The van der Waals surface area contributed by atoms with Crippen LogP contribution in [0.4, 0.5) is 4.79 Å². The highest BCUT2D eigenvalue weighted by molar-refractivity contribution is 6.03. The lowest BCUT2D eigenvalue weighted by molar-refractivity contribution is -0.182. The van der Waals surface area contributed by atoms with E-state index in [0.717, 1.165) is 28.9 Å². The molecule has 0 saturated carbocycles. The molecular weight excluding hydrogens is 396 g/mol. The Balaban J connectivity index is 1.76. The molecule has 7 nitrogen and oxygen atoms in total. The van der Waals surface area contributed by atoms with Gasteiger partial charge in [0.1, 0.15) is 11.2 Å². The molecular formula is C24H28N2O5. The second kappa shape index (κ2) is 8.79. The molecule has 7 heteroatoms. The molecule has 3 rings (SSSR count). The number of amides is 3. The second-order valence-corrected chi connectivity index (χ2v) is 8.40. The quantitative estimate of drug-likeness (QED) is 0.637. The molecule has 0 bridgehead atoms. The van der Waals surface area contributed by atoms with Crippen molar-refractivity contribution in [3.8, 4) is 5.75 Å². The van der Waals surface area contributed by atoms with Crippen LogP contribution in [0, 0.1) is 12.3 Å². The Hall–Kier alpha value is -3.35. The molecule has 0 radical (unpaired) electrons. The Kier molecular flexibility index (Phi) is 6.34. The van der Waals surface area contributed by atoms with Crippen LogP contribution in [0.25, 0.3) is 0 Å². The SMILES string of the molecule is CCC[C@@H](NC(=O)N1C(=O)C(C)(C)[C@@H]1Oc1ccc(C(=O)O)cc1)c1ccc(C)cc1. The minimum Gasteiger partial charge on any atom is -0.478 e. The standard InChI is InChI=1S/C24H28N2O5/c1-5-6-19(16-9-7-15(2)8-10-16)25-23(30)26-21(29)24(3,4)22(26)31-18-13-11-17(12-14-18)20(27)28/h7-14,19,22H,5-6H2,1-4H3,(H,25,30)(H,27,28)/t19-,22+/m1/s1. The predicted octanol–water partition coefficient (Wildman–Crippen LogP) is 4.52. The first-order chi connectivity index (χ1) is 14.6. The predicted molar refractivity (Wildman–Crippen MR) is 116 cm³/mol. The number of rotatable bonds is 7. The molecule has 0 spiro atoms. The monoisotopic (exact) mass is 424 g/mol. The zero-order valence-corrected chi connectivity index (χ0v) is 18.2. The third-order valence-electron chi connectivity index (χ3n) is 5.54. The number of hydrogen-bond acceptors (Lipinski definition) is 4. The van der Waals surface area contributed by atoms with E-state index in [2.05, 4.69) is 5.32 Å². The van der Waals surface area contributed by atoms with E-state index in [1.54, 1.807) is 13.8 Å². The van der Waals surface area contributed by atoms with E-state index < -0.39 is 23.6 Å². The first-order valence-corrected chi connectivity index (χ1v) is 10.4. The summed E-state index contributed by atoms with van der Waals surface area (Å²) in [5.74, 6) is -0.974. The van der Waals surface area contributed by atoms with Gasteiger partial charge in [-0.1, -0.05) is 43.2 Å². The third-order valence-corrected chi connectivity index (χ3v) is 5.54. The molecule has 1 aliphatic rings. The highest BCUT2D eigenvalue weighted by Gasteiger charge is 2.59. The molecule has 2 N–H and O–H groups in total. The van der Waals surface area contributed by atoms with Crippen LogP contribution in [0.1, 0.15) is 61.1 Å². The van der Waals surface area contributed by atoms with Gasteiger partial charge in [-0.15, -0.1) is 0 Å². The second-order valence-electron chi connectivity index (χ2n) is 8.40. The number of likely N-dealkylation sites (tertiary alicyclic amines) is 1. The highest BCUT2D eigenvalue weighted by Crippen LogP contribution is 2.40. The molecule has 2 aromatic rings. The van der Waals surface area contributed by atoms with Crippen LogP contribution >= 0.6 is 0 Å². The number of carboxylic acid groups (broad SMARTS) is 1. The molecule has 3 amide bonds. The first-order valence-electron chi connectivity index (χ1n) is 10.4. The molecule has 1 saturated heterocycles. The Labute approximate surface area is 182 Å². The van der Waals surface area contributed by atoms with E-state index in [9.17, 15) is 14.4 Å². The molecule has 0 unspecified atom stereocenters. The van der Waals surface area contributed by atoms with Gasteiger partial charge in [-0.05, 0) is 57.0 Å². The summed E-state index contributed by atoms with van der Waals surface area (Å²) >= 11 is 0. The number of imide groups is 1. The molecule has 0 aromatic heterocycles. The van der Waals surface area contributed by atoms with E-state index in [1.807, 2.05) is 38.1 Å². The number of carbonyl (C=O) groups is 3. The molecule has 1 heterocycles. The van der Waals surface area contributed by atoms with Crippen LogP contribution in [0.5, 0.6) is 5.75 Å². The van der Waals surface area contributed by atoms with Gasteiger partial charge in [-0.2, -0.15) is 0 Å². The molecule has 1 fully saturated rings. The van der Waals surface area contributed by atoms with Crippen molar-refractivity contribution in [2.75, 3.05) is 0 Å². The number of β-lactam (4-membered cyclic amide) rings is 1. The van der Waals surface area contributed by atoms with E-state index in [-0.39, 0.29) is 17.5 Å². The maximum Gasteiger partial charge on any atom is 0.335 e. The molecule has 164 valence electrons. The summed E-state index contributed by atoms with van der Waals surface area (Å²) in [5, 5.41) is 12.0. The number of carbonyl (C=O) groups excluding carboxylic acids is 2. The fourth-order valence-corrected chi connectivity index (χ4v) is 3.61. The highest BCUT2D eigenvalue weighted by atomic mass is 16.5. The number of benzene rings is 2. The van der Waals surface area contributed by atoms with Gasteiger partial charge in [-0.3, -0.25) is 4.79 Å². The van der Waals surface area contributed by atoms with E-state index in [0.29, 0.717) is 5.75 Å². The summed E-state index contributed by atoms with van der Waals surface area (Å²) in [4.78, 5) is 37.9. The van der Waals surface area contributed by atoms with Gasteiger partial charge >= 0.3 is 12.0 Å². The Morgan fingerprint density at radius 1 is 1.13 bits per heavy atom. The lowest BCUT2D eigenvalue weighted by Crippen LogP contribution is -2.72. The lowest BCUT2D eigenvalue weighted by atomic mass is 9.80. The third kappa shape index (κ3) is 4.55. The van der Waals surface area contributed by atoms with Crippen LogP contribution < -0.4 is 10.1 Å². The number of urea groups is 1. The Morgan fingerprint density at radius 3 is 2.29 bits per heavy atom. The van der Waals surface area contributed by atoms with Gasteiger partial charge in [0.25, 0.3) is 0 Å². The van der Waals surface area contributed by atoms with Crippen LogP contribution in [0.15, 0.2) is 48.5 Å². The van der Waals surface area contributed by atoms with Gasteiger partial charge in [0, 0.05) is 0 Å². The fraction of sp³-hybridized carbons (Fsp3) is 0.375. The van der Waals surface area contributed by atoms with Crippen molar-refractivity contribution < 1.29 is 24.2 Å². The number of nitrogens with zero attached hydrogens (tertiary/aromatic N) is 1. The number of aryl methyl sites for hydroxylation is 1. The lowest BCUT2D eigenvalue weighted by Gasteiger charge is -2.50. The topological polar surface area (TPSA) is 95.9 Å². The minimum absolute atomic E-state index is 0.131. The van der Waals surface area contributed by atoms with Gasteiger partial charge in [0.15, 0.2) is 6.23 Å². The van der Waals surface area contributed by atoms with Gasteiger partial charge in [0.2, 0.25) is 5.91 Å². The molecule has 1 aliphatic heterocycles. The first kappa shape index (κ1) is 22.3. The van der Waals surface area contributed by atoms with E-state index in [4.69, 9.17) is 9.84 Å². The van der Waals surface area contributed by atoms with Gasteiger partial charge in [-0.25, -0.2) is 14.5 Å². The van der Waals surface area contributed by atoms with Crippen LogP contribution in [-0.4, -0.2) is 34.1 Å². The molecule has 2 aromatic carbocycles. The zero-order valence-electron chi connectivity index (χ0n) is 18.2. The Morgan fingerprint density at radius 2 is 1.74 bits per heavy atom. The maximum absolute atomic E-state index is 13.0. The average molecular weight is 424 g/mol. The fourth-order valence-electron chi connectivity index (χ4n) is 3.61.